The van der Waals surface area contributed by atoms with Crippen LogP contribution >= 0.6 is 11.3 Å². The molecule has 9 heteroatoms. The maximum absolute atomic E-state index is 13.1. The van der Waals surface area contributed by atoms with Gasteiger partial charge in [0.05, 0.1) is 27.4 Å². The summed E-state index contributed by atoms with van der Waals surface area (Å²) in [5.74, 6) is -0.219. The lowest BCUT2D eigenvalue weighted by Gasteiger charge is -2.18. The van der Waals surface area contributed by atoms with E-state index in [1.54, 1.807) is 23.1 Å². The SMILES string of the molecule is Cc1cc(C)n(CCN(C(=O)/C=C/c2ccc([N+](=O)[O-])cc2)c2nc3ccccc3s2)n1. The third-order valence-corrected chi connectivity index (χ3v) is 6.00. The minimum absolute atomic E-state index is 0.00876. The Kier molecular flexibility index (Phi) is 6.09. The molecule has 162 valence electrons. The molecule has 0 N–H and O–H groups in total. The molecule has 0 aliphatic heterocycles. The molecule has 2 heterocycles. The number of nitrogens with zero attached hydrogens (tertiary/aromatic N) is 5. The fourth-order valence-corrected chi connectivity index (χ4v) is 4.33. The third-order valence-electron chi connectivity index (χ3n) is 4.94. The Hall–Kier alpha value is -3.85. The molecule has 0 saturated carbocycles. The normalized spacial score (nSPS) is 11.3. The highest BCUT2D eigenvalue weighted by Gasteiger charge is 2.18. The number of rotatable bonds is 7. The maximum atomic E-state index is 13.1. The zero-order valence-electron chi connectivity index (χ0n) is 17.6. The molecular formula is C23H21N5O3S. The lowest BCUT2D eigenvalue weighted by Crippen LogP contribution is -2.33. The number of non-ortho nitro benzene ring substituents is 1. The molecule has 8 nitrogen and oxygen atoms in total. The zero-order valence-corrected chi connectivity index (χ0v) is 18.5. The molecule has 0 unspecified atom stereocenters. The number of aryl methyl sites for hydroxylation is 2. The summed E-state index contributed by atoms with van der Waals surface area (Å²) in [7, 11) is 0. The Balaban J connectivity index is 1.59. The van der Waals surface area contributed by atoms with E-state index in [-0.39, 0.29) is 11.6 Å². The van der Waals surface area contributed by atoms with Crippen molar-refractivity contribution in [2.45, 2.75) is 20.4 Å². The van der Waals surface area contributed by atoms with Gasteiger partial charge in [0.2, 0.25) is 0 Å². The maximum Gasteiger partial charge on any atom is 0.269 e. The number of hydrogen-bond donors (Lipinski definition) is 0. The van der Waals surface area contributed by atoms with Crippen LogP contribution in [0.25, 0.3) is 16.3 Å². The zero-order chi connectivity index (χ0) is 22.7. The lowest BCUT2D eigenvalue weighted by molar-refractivity contribution is -0.384. The van der Waals surface area contributed by atoms with Crippen LogP contribution in [0.15, 0.2) is 60.7 Å². The Morgan fingerprint density at radius 1 is 1.19 bits per heavy atom. The predicted molar refractivity (Wildman–Crippen MR) is 126 cm³/mol. The van der Waals surface area contributed by atoms with Gasteiger partial charge in [-0.05, 0) is 55.8 Å². The van der Waals surface area contributed by atoms with E-state index in [0.29, 0.717) is 23.8 Å². The first kappa shape index (κ1) is 21.4. The molecule has 0 fully saturated rings. The molecule has 2 aromatic carbocycles. The van der Waals surface area contributed by atoms with Gasteiger partial charge in [-0.15, -0.1) is 0 Å². The summed E-state index contributed by atoms with van der Waals surface area (Å²) in [6.45, 7) is 4.86. The second kappa shape index (κ2) is 9.11. The van der Waals surface area contributed by atoms with E-state index < -0.39 is 4.92 Å². The van der Waals surface area contributed by atoms with Crippen LogP contribution < -0.4 is 4.90 Å². The van der Waals surface area contributed by atoms with Crippen LogP contribution in [0.1, 0.15) is 17.0 Å². The first-order chi connectivity index (χ1) is 15.4. The Morgan fingerprint density at radius 3 is 2.59 bits per heavy atom. The molecule has 0 saturated heterocycles. The van der Waals surface area contributed by atoms with Crippen molar-refractivity contribution in [3.63, 3.8) is 0 Å². The van der Waals surface area contributed by atoms with Gasteiger partial charge < -0.3 is 0 Å². The van der Waals surface area contributed by atoms with Crippen LogP contribution in [0.5, 0.6) is 0 Å². The standard InChI is InChI=1S/C23H21N5O3S/c1-16-15-17(2)27(25-16)14-13-26(23-24-20-5-3-4-6-21(20)32-23)22(29)12-9-18-7-10-19(11-8-18)28(30)31/h3-12,15H,13-14H2,1-2H3/b12-9+. The van der Waals surface area contributed by atoms with Gasteiger partial charge in [0, 0.05) is 30.4 Å². The Bertz CT molecular complexity index is 1270. The van der Waals surface area contributed by atoms with Crippen molar-refractivity contribution >= 4 is 44.4 Å². The summed E-state index contributed by atoms with van der Waals surface area (Å²) >= 11 is 1.46. The molecule has 0 aliphatic carbocycles. The quantitative estimate of drug-likeness (QED) is 0.231. The van der Waals surface area contributed by atoms with Gasteiger partial charge in [0.1, 0.15) is 0 Å². The van der Waals surface area contributed by atoms with E-state index in [1.165, 1.54) is 29.5 Å². The molecule has 0 aliphatic rings. The number of fused-ring (bicyclic) bond motifs is 1. The molecule has 0 atom stereocenters. The molecule has 0 bridgehead atoms. The summed E-state index contributed by atoms with van der Waals surface area (Å²) < 4.78 is 2.88. The summed E-state index contributed by atoms with van der Waals surface area (Å²) in [6.07, 6.45) is 3.12. The van der Waals surface area contributed by atoms with Crippen LogP contribution in [-0.2, 0) is 11.3 Å². The lowest BCUT2D eigenvalue weighted by atomic mass is 10.2. The first-order valence-electron chi connectivity index (χ1n) is 10.0. The second-order valence-corrected chi connectivity index (χ2v) is 8.30. The smallest absolute Gasteiger partial charge is 0.269 e. The number of nitro benzene ring substituents is 1. The number of aromatic nitrogens is 3. The number of benzene rings is 2. The van der Waals surface area contributed by atoms with E-state index in [0.717, 1.165) is 21.6 Å². The summed E-state index contributed by atoms with van der Waals surface area (Å²) in [5.41, 5.74) is 3.51. The molecule has 2 aromatic heterocycles. The van der Waals surface area contributed by atoms with Gasteiger partial charge in [-0.2, -0.15) is 5.10 Å². The van der Waals surface area contributed by atoms with Gasteiger partial charge in [-0.1, -0.05) is 23.5 Å². The number of para-hydroxylation sites is 1. The van der Waals surface area contributed by atoms with E-state index in [9.17, 15) is 14.9 Å². The molecule has 1 amide bonds. The fourth-order valence-electron chi connectivity index (χ4n) is 3.34. The molecular weight excluding hydrogens is 426 g/mol. The Labute approximate surface area is 188 Å². The van der Waals surface area contributed by atoms with Crippen LogP contribution in [0.4, 0.5) is 10.8 Å². The van der Waals surface area contributed by atoms with Crippen molar-refractivity contribution in [2.75, 3.05) is 11.4 Å². The highest BCUT2D eigenvalue weighted by Crippen LogP contribution is 2.29. The number of hydrogen-bond acceptors (Lipinski definition) is 6. The summed E-state index contributed by atoms with van der Waals surface area (Å²) in [6, 6.07) is 15.8. The van der Waals surface area contributed by atoms with Crippen molar-refractivity contribution in [1.29, 1.82) is 0 Å². The number of carbonyl (C=O) groups excluding carboxylic acids is 1. The number of thiazole rings is 1. The Morgan fingerprint density at radius 2 is 1.94 bits per heavy atom. The van der Waals surface area contributed by atoms with Crippen molar-refractivity contribution < 1.29 is 9.72 Å². The van der Waals surface area contributed by atoms with Crippen LogP contribution in [0.2, 0.25) is 0 Å². The van der Waals surface area contributed by atoms with Crippen LogP contribution in [0.3, 0.4) is 0 Å². The van der Waals surface area contributed by atoms with Crippen LogP contribution in [-0.4, -0.2) is 32.1 Å². The number of carbonyl (C=O) groups is 1. The molecule has 0 radical (unpaired) electrons. The van der Waals surface area contributed by atoms with E-state index in [4.69, 9.17) is 0 Å². The van der Waals surface area contributed by atoms with Crippen molar-refractivity contribution in [3.8, 4) is 0 Å². The minimum Gasteiger partial charge on any atom is -0.283 e. The molecule has 0 spiro atoms. The third kappa shape index (κ3) is 4.73. The monoisotopic (exact) mass is 447 g/mol. The van der Waals surface area contributed by atoms with E-state index in [1.807, 2.05) is 48.9 Å². The van der Waals surface area contributed by atoms with E-state index in [2.05, 4.69) is 10.1 Å². The number of anilines is 1. The topological polar surface area (TPSA) is 94.2 Å². The minimum atomic E-state index is -0.452. The predicted octanol–water partition coefficient (Wildman–Crippen LogP) is 4.76. The van der Waals surface area contributed by atoms with Gasteiger partial charge in [0.15, 0.2) is 5.13 Å². The number of nitro groups is 1. The number of amides is 1. The highest BCUT2D eigenvalue weighted by atomic mass is 32.1. The first-order valence-corrected chi connectivity index (χ1v) is 10.8. The molecule has 32 heavy (non-hydrogen) atoms. The van der Waals surface area contributed by atoms with Gasteiger partial charge in [-0.25, -0.2) is 4.98 Å². The molecule has 4 aromatic rings. The largest absolute Gasteiger partial charge is 0.283 e. The van der Waals surface area contributed by atoms with Gasteiger partial charge in [0.25, 0.3) is 11.6 Å². The molecule has 4 rings (SSSR count). The average molecular weight is 448 g/mol. The van der Waals surface area contributed by atoms with Gasteiger partial charge >= 0.3 is 0 Å². The average Bonchev–Trinajstić information content (AvgIpc) is 3.34. The van der Waals surface area contributed by atoms with Gasteiger partial charge in [-0.3, -0.25) is 24.5 Å². The summed E-state index contributed by atoms with van der Waals surface area (Å²) in [4.78, 5) is 29.8. The van der Waals surface area contributed by atoms with Crippen molar-refractivity contribution in [1.82, 2.24) is 14.8 Å². The van der Waals surface area contributed by atoms with Crippen LogP contribution in [0, 0.1) is 24.0 Å². The highest BCUT2D eigenvalue weighted by molar-refractivity contribution is 7.22. The summed E-state index contributed by atoms with van der Waals surface area (Å²) in [5, 5.41) is 15.9. The van der Waals surface area contributed by atoms with Crippen molar-refractivity contribution in [2.24, 2.45) is 0 Å². The van der Waals surface area contributed by atoms with Crippen molar-refractivity contribution in [3.05, 3.63) is 87.7 Å². The second-order valence-electron chi connectivity index (χ2n) is 7.29. The van der Waals surface area contributed by atoms with E-state index >= 15 is 0 Å². The fraction of sp³-hybridized carbons (Fsp3) is 0.174.